The van der Waals surface area contributed by atoms with E-state index in [2.05, 4.69) is 46.2 Å². The third-order valence-electron chi connectivity index (χ3n) is 4.36. The second-order valence-corrected chi connectivity index (χ2v) is 7.85. The molecule has 158 valence electrons. The van der Waals surface area contributed by atoms with E-state index in [1.807, 2.05) is 24.3 Å². The molecule has 2 aromatic rings. The van der Waals surface area contributed by atoms with Crippen LogP contribution in [-0.4, -0.2) is 31.1 Å². The van der Waals surface area contributed by atoms with Crippen LogP contribution in [0.25, 0.3) is 0 Å². The zero-order chi connectivity index (χ0) is 19.8. The predicted octanol–water partition coefficient (Wildman–Crippen LogP) is 3.59. The number of nitrogens with one attached hydrogen (secondary N) is 3. The van der Waals surface area contributed by atoms with Gasteiger partial charge in [0.05, 0.1) is 13.1 Å². The molecular formula is C21H29IN4O2S. The van der Waals surface area contributed by atoms with Gasteiger partial charge in [0.1, 0.15) is 5.75 Å². The molecule has 1 saturated carbocycles. The fourth-order valence-electron chi connectivity index (χ4n) is 2.64. The number of carbonyl (C=O) groups excluding carboxylic acids is 1. The fraction of sp³-hybridized carbons (Fsp3) is 0.429. The highest BCUT2D eigenvalue weighted by Crippen LogP contribution is 2.19. The van der Waals surface area contributed by atoms with Gasteiger partial charge in [0.2, 0.25) is 0 Å². The van der Waals surface area contributed by atoms with Crippen LogP contribution in [0.1, 0.15) is 35.8 Å². The number of rotatable bonds is 9. The van der Waals surface area contributed by atoms with Crippen LogP contribution in [0.3, 0.4) is 0 Å². The van der Waals surface area contributed by atoms with E-state index < -0.39 is 0 Å². The Kier molecular flexibility index (Phi) is 9.72. The number of amides is 1. The molecule has 0 spiro atoms. The number of thiophene rings is 1. The number of aryl methyl sites for hydroxylation is 1. The quantitative estimate of drug-likeness (QED) is 0.264. The summed E-state index contributed by atoms with van der Waals surface area (Å²) in [4.78, 5) is 17.7. The van der Waals surface area contributed by atoms with Crippen LogP contribution in [0.4, 0.5) is 0 Å². The van der Waals surface area contributed by atoms with Crippen molar-refractivity contribution in [2.45, 2.75) is 45.8 Å². The lowest BCUT2D eigenvalue weighted by atomic mass is 10.2. The van der Waals surface area contributed by atoms with E-state index in [9.17, 15) is 4.79 Å². The summed E-state index contributed by atoms with van der Waals surface area (Å²) in [6.07, 6.45) is 2.15. The largest absolute Gasteiger partial charge is 0.484 e. The van der Waals surface area contributed by atoms with Gasteiger partial charge < -0.3 is 20.7 Å². The average molecular weight is 528 g/mol. The number of aliphatic imine (C=N–C) groups is 1. The van der Waals surface area contributed by atoms with Crippen molar-refractivity contribution in [2.24, 2.45) is 4.99 Å². The molecule has 0 aliphatic heterocycles. The first-order chi connectivity index (χ1) is 13.6. The summed E-state index contributed by atoms with van der Waals surface area (Å²) >= 11 is 1.75. The van der Waals surface area contributed by atoms with Crippen LogP contribution in [0.5, 0.6) is 5.75 Å². The van der Waals surface area contributed by atoms with Gasteiger partial charge in [0, 0.05) is 17.5 Å². The molecule has 6 nitrogen and oxygen atoms in total. The second-order valence-electron chi connectivity index (χ2n) is 6.85. The molecule has 1 fully saturated rings. The molecule has 0 saturated heterocycles. The molecule has 0 radical (unpaired) electrons. The van der Waals surface area contributed by atoms with E-state index >= 15 is 0 Å². The lowest BCUT2D eigenvalue weighted by Crippen LogP contribution is -2.36. The van der Waals surface area contributed by atoms with Crippen LogP contribution in [-0.2, 0) is 17.9 Å². The first kappa shape index (κ1) is 23.5. The summed E-state index contributed by atoms with van der Waals surface area (Å²) in [5, 5.41) is 11.7. The topological polar surface area (TPSA) is 74.8 Å². The number of nitrogens with zero attached hydrogens (tertiary/aromatic N) is 1. The number of hydrogen-bond acceptors (Lipinski definition) is 4. The molecule has 3 N–H and O–H groups in total. The Balaban J connectivity index is 0.00000300. The Morgan fingerprint density at radius 1 is 1.28 bits per heavy atom. The Labute approximate surface area is 193 Å². The highest BCUT2D eigenvalue weighted by Gasteiger charge is 2.23. The Morgan fingerprint density at radius 2 is 2.10 bits per heavy atom. The molecule has 8 heteroatoms. The van der Waals surface area contributed by atoms with Crippen molar-refractivity contribution in [1.29, 1.82) is 0 Å². The van der Waals surface area contributed by atoms with Gasteiger partial charge in [-0.2, -0.15) is 0 Å². The minimum atomic E-state index is -0.0616. The summed E-state index contributed by atoms with van der Waals surface area (Å²) < 4.78 is 5.61. The van der Waals surface area contributed by atoms with E-state index in [1.54, 1.807) is 11.3 Å². The molecule has 0 atom stereocenters. The van der Waals surface area contributed by atoms with Gasteiger partial charge >= 0.3 is 0 Å². The van der Waals surface area contributed by atoms with Crippen LogP contribution in [0.15, 0.2) is 40.7 Å². The van der Waals surface area contributed by atoms with Gasteiger partial charge in [0.25, 0.3) is 5.91 Å². The third kappa shape index (κ3) is 8.22. The second kappa shape index (κ2) is 12.0. The molecule has 3 rings (SSSR count). The summed E-state index contributed by atoms with van der Waals surface area (Å²) in [7, 11) is 0. The van der Waals surface area contributed by atoms with Gasteiger partial charge in [-0.25, -0.2) is 4.99 Å². The minimum Gasteiger partial charge on any atom is -0.484 e. The standard InChI is InChI=1S/C21H28N4O2S.HI/c1-3-22-21(24-13-19-15(2)9-10-28-19)23-12-16-5-4-6-18(11-16)27-14-20(26)25-17-7-8-17;/h4-6,9-11,17H,3,7-8,12-14H2,1-2H3,(H,25,26)(H2,22,23,24);1H. The van der Waals surface area contributed by atoms with Crippen LogP contribution in [0.2, 0.25) is 0 Å². The summed E-state index contributed by atoms with van der Waals surface area (Å²) in [6, 6.07) is 10.2. The van der Waals surface area contributed by atoms with Crippen molar-refractivity contribution < 1.29 is 9.53 Å². The van der Waals surface area contributed by atoms with Crippen molar-refractivity contribution >= 4 is 47.2 Å². The molecule has 1 aliphatic carbocycles. The van der Waals surface area contributed by atoms with Crippen molar-refractivity contribution in [3.63, 3.8) is 0 Å². The Bertz CT molecular complexity index is 821. The Morgan fingerprint density at radius 3 is 2.79 bits per heavy atom. The zero-order valence-corrected chi connectivity index (χ0v) is 20.0. The van der Waals surface area contributed by atoms with E-state index in [0.717, 1.165) is 37.5 Å². The first-order valence-electron chi connectivity index (χ1n) is 9.70. The van der Waals surface area contributed by atoms with E-state index in [4.69, 9.17) is 4.74 Å². The molecule has 1 amide bonds. The van der Waals surface area contributed by atoms with Crippen molar-refractivity contribution in [1.82, 2.24) is 16.0 Å². The van der Waals surface area contributed by atoms with Crippen molar-refractivity contribution in [3.8, 4) is 5.75 Å². The summed E-state index contributed by atoms with van der Waals surface area (Å²) in [5.74, 6) is 1.41. The summed E-state index contributed by atoms with van der Waals surface area (Å²) in [6.45, 7) is 6.31. The maximum Gasteiger partial charge on any atom is 0.258 e. The maximum atomic E-state index is 11.8. The van der Waals surface area contributed by atoms with Gasteiger partial charge in [-0.1, -0.05) is 12.1 Å². The van der Waals surface area contributed by atoms with Crippen molar-refractivity contribution in [3.05, 3.63) is 51.7 Å². The highest BCUT2D eigenvalue weighted by molar-refractivity contribution is 14.0. The fourth-order valence-corrected chi connectivity index (χ4v) is 3.49. The van der Waals surface area contributed by atoms with Crippen LogP contribution < -0.4 is 20.7 Å². The van der Waals surface area contributed by atoms with Crippen LogP contribution >= 0.6 is 35.3 Å². The SMILES string of the molecule is CCNC(=NCc1cccc(OCC(=O)NC2CC2)c1)NCc1sccc1C.I. The molecule has 1 aliphatic rings. The number of guanidine groups is 1. The van der Waals surface area contributed by atoms with Crippen LogP contribution in [0, 0.1) is 6.92 Å². The normalized spacial score (nSPS) is 13.4. The molecule has 1 heterocycles. The lowest BCUT2D eigenvalue weighted by molar-refractivity contribution is -0.123. The smallest absolute Gasteiger partial charge is 0.258 e. The molecule has 29 heavy (non-hydrogen) atoms. The number of halogens is 1. The monoisotopic (exact) mass is 528 g/mol. The van der Waals surface area contributed by atoms with Gasteiger partial charge in [0.15, 0.2) is 12.6 Å². The third-order valence-corrected chi connectivity index (χ3v) is 5.38. The molecule has 0 bridgehead atoms. The number of ether oxygens (including phenoxy) is 1. The first-order valence-corrected chi connectivity index (χ1v) is 10.6. The van der Waals surface area contributed by atoms with Gasteiger partial charge in [-0.05, 0) is 61.4 Å². The summed E-state index contributed by atoms with van der Waals surface area (Å²) in [5.41, 5.74) is 2.33. The number of hydrogen-bond donors (Lipinski definition) is 3. The predicted molar refractivity (Wildman–Crippen MR) is 129 cm³/mol. The zero-order valence-electron chi connectivity index (χ0n) is 16.9. The molecular weight excluding hydrogens is 499 g/mol. The van der Waals surface area contributed by atoms with Gasteiger partial charge in [-0.15, -0.1) is 35.3 Å². The van der Waals surface area contributed by atoms with Gasteiger partial charge in [-0.3, -0.25) is 4.79 Å². The average Bonchev–Trinajstić information content (AvgIpc) is 3.41. The van der Waals surface area contributed by atoms with E-state index in [-0.39, 0.29) is 36.5 Å². The number of benzene rings is 1. The lowest BCUT2D eigenvalue weighted by Gasteiger charge is -2.11. The highest BCUT2D eigenvalue weighted by atomic mass is 127. The van der Waals surface area contributed by atoms with E-state index in [1.165, 1.54) is 10.4 Å². The van der Waals surface area contributed by atoms with Crippen molar-refractivity contribution in [2.75, 3.05) is 13.2 Å². The minimum absolute atomic E-state index is 0. The maximum absolute atomic E-state index is 11.8. The van der Waals surface area contributed by atoms with E-state index in [0.29, 0.717) is 18.3 Å². The molecule has 1 aromatic carbocycles. The molecule has 1 aromatic heterocycles. The number of carbonyl (C=O) groups is 1. The Hall–Kier alpha value is -1.81. The molecule has 0 unspecified atom stereocenters.